The third-order valence-electron chi connectivity index (χ3n) is 5.71. The Morgan fingerprint density at radius 3 is 1.38 bits per heavy atom. The Balaban J connectivity index is 1.69. The molecule has 0 saturated carbocycles. The molecule has 0 bridgehead atoms. The van der Waals surface area contributed by atoms with E-state index in [9.17, 15) is 13.0 Å². The van der Waals surface area contributed by atoms with E-state index in [0.717, 1.165) is 44.7 Å². The molecule has 0 fully saturated rings. The molecule has 0 aliphatic carbocycles. The van der Waals surface area contributed by atoms with Crippen LogP contribution in [0, 0.1) is 0 Å². The molecule has 0 N–H and O–H groups in total. The predicted octanol–water partition coefficient (Wildman–Crippen LogP) is 5.51. The number of rotatable bonds is 13. The van der Waals surface area contributed by atoms with Crippen LogP contribution in [0.1, 0.15) is 38.5 Å². The zero-order valence-corrected chi connectivity index (χ0v) is 20.8. The van der Waals surface area contributed by atoms with E-state index in [-0.39, 0.29) is 0 Å². The van der Waals surface area contributed by atoms with Crippen LogP contribution in [-0.4, -0.2) is 24.9 Å². The Morgan fingerprint density at radius 2 is 0.969 bits per heavy atom. The first-order chi connectivity index (χ1) is 15.5. The first-order valence-corrected chi connectivity index (χ1v) is 16.1. The minimum Gasteiger partial charge on any atom is -0.739 e. The number of unbranched alkanes of at least 4 members (excludes halogenated alkanes) is 5. The summed E-state index contributed by atoms with van der Waals surface area (Å²) in [4.78, 5) is 0. The van der Waals surface area contributed by atoms with Crippen LogP contribution in [0.2, 0.25) is 0 Å². The zero-order valence-electron chi connectivity index (χ0n) is 18.3. The highest BCUT2D eigenvalue weighted by Gasteiger charge is 2.44. The first kappa shape index (κ1) is 25.0. The maximum absolute atomic E-state index is 10.7. The maximum Gasteiger partial charge on any atom is 0.149 e. The molecule has 0 spiro atoms. The van der Waals surface area contributed by atoms with Crippen LogP contribution < -0.4 is 15.9 Å². The molecule has 0 aliphatic heterocycles. The van der Waals surface area contributed by atoms with Gasteiger partial charge in [-0.05, 0) is 66.5 Å². The van der Waals surface area contributed by atoms with Crippen LogP contribution in [0.15, 0.2) is 91.0 Å². The Kier molecular flexibility index (Phi) is 9.80. The van der Waals surface area contributed by atoms with E-state index in [0.29, 0.717) is 16.5 Å². The Hall–Kier alpha value is -1.65. The molecule has 32 heavy (non-hydrogen) atoms. The highest BCUT2D eigenvalue weighted by Crippen LogP contribution is 2.55. The van der Waals surface area contributed by atoms with Crippen LogP contribution in [-0.2, 0) is 9.15 Å². The van der Waals surface area contributed by atoms with Crippen molar-refractivity contribution in [2.24, 2.45) is 0 Å². The molecule has 0 saturated heterocycles. The second kappa shape index (κ2) is 12.6. The number of hydrogen-bond acceptors (Lipinski definition) is 4. The van der Waals surface area contributed by atoms with Crippen molar-refractivity contribution in [3.05, 3.63) is 91.0 Å². The number of benzene rings is 3. The fraction of sp³-hybridized carbons (Fsp3) is 0.308. The normalized spacial score (nSPS) is 12.0. The summed E-state index contributed by atoms with van der Waals surface area (Å²) in [5.74, 6) is 0.399. The lowest BCUT2D eigenvalue weighted by molar-refractivity contribution is 0.482. The van der Waals surface area contributed by atoms with Gasteiger partial charge in [-0.1, -0.05) is 73.9 Å². The van der Waals surface area contributed by atoms with Gasteiger partial charge in [-0.25, -0.2) is 8.42 Å². The molecule has 0 heterocycles. The van der Waals surface area contributed by atoms with E-state index >= 15 is 0 Å². The van der Waals surface area contributed by atoms with Gasteiger partial charge in [0, 0.05) is 5.75 Å². The van der Waals surface area contributed by atoms with Gasteiger partial charge in [-0.3, -0.25) is 0 Å². The lowest BCUT2D eigenvalue weighted by Gasteiger charge is -2.27. The van der Waals surface area contributed by atoms with Gasteiger partial charge in [0.1, 0.15) is 32.3 Å². The van der Waals surface area contributed by atoms with E-state index in [1.165, 1.54) is 15.9 Å². The molecule has 0 amide bonds. The van der Waals surface area contributed by atoms with Crippen molar-refractivity contribution in [3.8, 4) is 0 Å². The highest BCUT2D eigenvalue weighted by atomic mass is 33.1. The molecule has 6 heteroatoms. The van der Waals surface area contributed by atoms with Gasteiger partial charge < -0.3 is 4.55 Å². The van der Waals surface area contributed by atoms with Crippen molar-refractivity contribution in [2.45, 2.75) is 38.5 Å². The molecule has 3 rings (SSSR count). The van der Waals surface area contributed by atoms with Crippen molar-refractivity contribution >= 4 is 43.1 Å². The quantitative estimate of drug-likeness (QED) is 0.138. The van der Waals surface area contributed by atoms with Gasteiger partial charge in [-0.15, -0.1) is 0 Å². The van der Waals surface area contributed by atoms with Gasteiger partial charge >= 0.3 is 0 Å². The van der Waals surface area contributed by atoms with Crippen LogP contribution in [0.3, 0.4) is 0 Å². The molecule has 0 aromatic heterocycles. The summed E-state index contributed by atoms with van der Waals surface area (Å²) in [5.41, 5.74) is 0. The largest absolute Gasteiger partial charge is 0.739 e. The van der Waals surface area contributed by atoms with E-state index < -0.39 is 16.4 Å². The van der Waals surface area contributed by atoms with Crippen molar-refractivity contribution in [1.82, 2.24) is 0 Å². The molecule has 0 radical (unpaired) electrons. The second-order valence-electron chi connectivity index (χ2n) is 7.89. The monoisotopic (exact) mass is 486 g/mol. The smallest absolute Gasteiger partial charge is 0.149 e. The fourth-order valence-electron chi connectivity index (χ4n) is 4.20. The summed E-state index contributed by atoms with van der Waals surface area (Å²) < 4.78 is 32.0. The molecule has 0 atom stereocenters. The van der Waals surface area contributed by atoms with Crippen LogP contribution >= 0.6 is 18.1 Å². The molecule has 3 aromatic rings. The summed E-state index contributed by atoms with van der Waals surface area (Å²) in [7, 11) is -5.37. The van der Waals surface area contributed by atoms with E-state index in [1.807, 2.05) is 0 Å². The lowest BCUT2D eigenvalue weighted by Crippen LogP contribution is -2.33. The Morgan fingerprint density at radius 1 is 0.594 bits per heavy atom. The van der Waals surface area contributed by atoms with Crippen LogP contribution in [0.4, 0.5) is 0 Å². The van der Waals surface area contributed by atoms with E-state index in [2.05, 4.69) is 91.0 Å². The minimum absolute atomic E-state index is 0.399. The summed E-state index contributed by atoms with van der Waals surface area (Å²) in [6, 6.07) is 32.9. The molecular weight excluding hydrogens is 455 g/mol. The molecule has 0 aliphatic rings. The molecule has 3 nitrogen and oxygen atoms in total. The fourth-order valence-corrected chi connectivity index (χ4v) is 10.1. The van der Waals surface area contributed by atoms with E-state index in [1.54, 1.807) is 0 Å². The zero-order chi connectivity index (χ0) is 22.7. The molecular formula is C26H31O3PS2. The third kappa shape index (κ3) is 7.18. The van der Waals surface area contributed by atoms with E-state index in [4.69, 9.17) is 0 Å². The summed E-state index contributed by atoms with van der Waals surface area (Å²) in [5, 5.41) is 4.27. The number of hydrogen-bond donors (Lipinski definition) is 0. The summed E-state index contributed by atoms with van der Waals surface area (Å²) in [6.07, 6.45) is 7.40. The van der Waals surface area contributed by atoms with Crippen LogP contribution in [0.25, 0.3) is 0 Å². The van der Waals surface area contributed by atoms with Crippen molar-refractivity contribution < 1.29 is 13.0 Å². The minimum atomic E-state index is -4.15. The van der Waals surface area contributed by atoms with Gasteiger partial charge in [0.15, 0.2) is 0 Å². The van der Waals surface area contributed by atoms with Crippen molar-refractivity contribution in [2.75, 3.05) is 11.9 Å². The standard InChI is InChI=1S/C26H31O3PS2/c27-32(28,29)31-23-15-4-2-1-3-14-22-30(24-16-8-5-9-17-24,25-18-10-6-11-19-25)26-20-12-7-13-21-26/h5-13,16-21H,1-4,14-15,22-23H2. The molecule has 3 aromatic carbocycles. The van der Waals surface area contributed by atoms with Gasteiger partial charge in [0.05, 0.1) is 6.16 Å². The molecule has 0 unspecified atom stereocenters. The Bertz CT molecular complexity index is 930. The van der Waals surface area contributed by atoms with Gasteiger partial charge in [-0.2, -0.15) is 0 Å². The van der Waals surface area contributed by atoms with Gasteiger partial charge in [0.25, 0.3) is 0 Å². The average Bonchev–Trinajstić information content (AvgIpc) is 2.82. The van der Waals surface area contributed by atoms with Crippen molar-refractivity contribution in [1.29, 1.82) is 0 Å². The summed E-state index contributed by atoms with van der Waals surface area (Å²) in [6.45, 7) is 0. The van der Waals surface area contributed by atoms with Crippen LogP contribution in [0.5, 0.6) is 0 Å². The topological polar surface area (TPSA) is 57.2 Å². The highest BCUT2D eigenvalue weighted by molar-refractivity contribution is 8.69. The molecule has 170 valence electrons. The first-order valence-electron chi connectivity index (χ1n) is 11.2. The van der Waals surface area contributed by atoms with Crippen molar-refractivity contribution in [3.63, 3.8) is 0 Å². The SMILES string of the molecule is O=S(=O)([O-])SCCCCCCCC[P+](c1ccccc1)(c1ccccc1)c1ccccc1. The lowest BCUT2D eigenvalue weighted by atomic mass is 10.1. The third-order valence-corrected chi connectivity index (χ3v) is 12.3. The maximum atomic E-state index is 10.7. The van der Waals surface area contributed by atoms with Gasteiger partial charge in [0.2, 0.25) is 0 Å². The Labute approximate surface area is 197 Å². The second-order valence-corrected chi connectivity index (χ2v) is 14.9. The predicted molar refractivity (Wildman–Crippen MR) is 140 cm³/mol. The average molecular weight is 487 g/mol. The summed E-state index contributed by atoms with van der Waals surface area (Å²) >= 11 is 0.